The molecule has 2 unspecified atom stereocenters. The number of ketones is 1. The minimum atomic E-state index is -0.594. The van der Waals surface area contributed by atoms with E-state index in [1.807, 2.05) is 6.92 Å². The van der Waals surface area contributed by atoms with Gasteiger partial charge in [-0.15, -0.1) is 0 Å². The summed E-state index contributed by atoms with van der Waals surface area (Å²) in [6.07, 6.45) is 5.57. The molecule has 1 aliphatic rings. The standard InChI is InChI=1S/C23H44O6/c1-6-10-14-26-17-19-21(27-15-11-7-2)20(18(24)13-9-4)22(23(25-5)29-19)28-16-12-8-3/h19-23H,6-17H2,1-5H3/t19?,20?,21-,22-,23+/m0/s1. The van der Waals surface area contributed by atoms with Crippen LogP contribution < -0.4 is 0 Å². The molecule has 1 fully saturated rings. The lowest BCUT2D eigenvalue weighted by Crippen LogP contribution is -2.60. The third-order valence-corrected chi connectivity index (χ3v) is 5.29. The molecule has 6 nitrogen and oxygen atoms in total. The van der Waals surface area contributed by atoms with Gasteiger partial charge in [0.1, 0.15) is 18.0 Å². The molecular formula is C23H44O6. The van der Waals surface area contributed by atoms with Gasteiger partial charge in [-0.1, -0.05) is 47.0 Å². The highest BCUT2D eigenvalue weighted by molar-refractivity contribution is 5.82. The van der Waals surface area contributed by atoms with Crippen LogP contribution >= 0.6 is 0 Å². The van der Waals surface area contributed by atoms with Crippen LogP contribution in [0.1, 0.15) is 79.1 Å². The highest BCUT2D eigenvalue weighted by atomic mass is 16.7. The zero-order valence-corrected chi connectivity index (χ0v) is 19.3. The molecule has 0 radical (unpaired) electrons. The molecule has 0 bridgehead atoms. The molecule has 0 spiro atoms. The average Bonchev–Trinajstić information content (AvgIpc) is 2.72. The second kappa shape index (κ2) is 16.2. The summed E-state index contributed by atoms with van der Waals surface area (Å²) >= 11 is 0. The summed E-state index contributed by atoms with van der Waals surface area (Å²) < 4.78 is 30.1. The third-order valence-electron chi connectivity index (χ3n) is 5.29. The van der Waals surface area contributed by atoms with Gasteiger partial charge in [0.2, 0.25) is 0 Å². The molecule has 0 aliphatic carbocycles. The molecule has 1 heterocycles. The lowest BCUT2D eigenvalue weighted by Gasteiger charge is -2.45. The van der Waals surface area contributed by atoms with E-state index in [0.29, 0.717) is 32.8 Å². The molecule has 1 aliphatic heterocycles. The van der Waals surface area contributed by atoms with Gasteiger partial charge in [0.25, 0.3) is 0 Å². The maximum atomic E-state index is 13.2. The van der Waals surface area contributed by atoms with E-state index in [1.165, 1.54) is 0 Å². The highest BCUT2D eigenvalue weighted by Gasteiger charge is 2.50. The van der Waals surface area contributed by atoms with Crippen molar-refractivity contribution in [3.63, 3.8) is 0 Å². The molecule has 5 atom stereocenters. The summed E-state index contributed by atoms with van der Waals surface area (Å²) in [5, 5.41) is 0. The summed E-state index contributed by atoms with van der Waals surface area (Å²) in [6, 6.07) is 0. The van der Waals surface area contributed by atoms with Crippen LogP contribution in [0.3, 0.4) is 0 Å². The first-order valence-electron chi connectivity index (χ1n) is 11.7. The first-order valence-corrected chi connectivity index (χ1v) is 11.7. The average molecular weight is 417 g/mol. The van der Waals surface area contributed by atoms with Crippen LogP contribution in [0, 0.1) is 5.92 Å². The van der Waals surface area contributed by atoms with Crippen LogP contribution in [-0.4, -0.2) is 63.9 Å². The van der Waals surface area contributed by atoms with E-state index in [0.717, 1.165) is 44.9 Å². The molecule has 0 aromatic heterocycles. The molecule has 0 N–H and O–H groups in total. The predicted molar refractivity (Wildman–Crippen MR) is 114 cm³/mol. The molecule has 29 heavy (non-hydrogen) atoms. The van der Waals surface area contributed by atoms with Gasteiger partial charge in [0.05, 0.1) is 18.6 Å². The minimum Gasteiger partial charge on any atom is -0.379 e. The van der Waals surface area contributed by atoms with Crippen molar-refractivity contribution in [1.29, 1.82) is 0 Å². The second-order valence-corrected chi connectivity index (χ2v) is 7.83. The van der Waals surface area contributed by atoms with Gasteiger partial charge in [-0.05, 0) is 25.7 Å². The van der Waals surface area contributed by atoms with Gasteiger partial charge < -0.3 is 23.7 Å². The van der Waals surface area contributed by atoms with Crippen molar-refractivity contribution in [2.75, 3.05) is 33.5 Å². The third kappa shape index (κ3) is 9.01. The largest absolute Gasteiger partial charge is 0.379 e. The van der Waals surface area contributed by atoms with E-state index < -0.39 is 18.3 Å². The molecule has 0 aromatic carbocycles. The Balaban J connectivity index is 3.04. The van der Waals surface area contributed by atoms with Crippen LogP contribution in [-0.2, 0) is 28.5 Å². The lowest BCUT2D eigenvalue weighted by atomic mass is 9.83. The maximum Gasteiger partial charge on any atom is 0.184 e. The van der Waals surface area contributed by atoms with Crippen LogP contribution in [0.4, 0.5) is 0 Å². The molecule has 172 valence electrons. The van der Waals surface area contributed by atoms with E-state index >= 15 is 0 Å². The van der Waals surface area contributed by atoms with Crippen LogP contribution in [0.15, 0.2) is 0 Å². The quantitative estimate of drug-likeness (QED) is 0.325. The first kappa shape index (κ1) is 26.5. The normalized spacial score (nSPS) is 27.3. The lowest BCUT2D eigenvalue weighted by molar-refractivity contribution is -0.295. The fraction of sp³-hybridized carbons (Fsp3) is 0.957. The van der Waals surface area contributed by atoms with E-state index in [1.54, 1.807) is 7.11 Å². The Kier molecular flexibility index (Phi) is 14.8. The highest BCUT2D eigenvalue weighted by Crippen LogP contribution is 2.33. The van der Waals surface area contributed by atoms with Crippen LogP contribution in [0.25, 0.3) is 0 Å². The van der Waals surface area contributed by atoms with Crippen LogP contribution in [0.5, 0.6) is 0 Å². The summed E-state index contributed by atoms with van der Waals surface area (Å²) in [7, 11) is 1.61. The number of carbonyl (C=O) groups excluding carboxylic acids is 1. The Morgan fingerprint density at radius 1 is 0.828 bits per heavy atom. The van der Waals surface area contributed by atoms with Gasteiger partial charge in [-0.25, -0.2) is 0 Å². The SMILES string of the molecule is CCCCOCC1O[C@@H](OC)[C@@H](OCCCC)C(C(=O)CCC)[C@H]1OCCCC. The topological polar surface area (TPSA) is 63.2 Å². The van der Waals surface area contributed by atoms with Gasteiger partial charge in [-0.2, -0.15) is 0 Å². The molecular weight excluding hydrogens is 372 g/mol. The number of unbranched alkanes of at least 4 members (excludes halogenated alkanes) is 3. The smallest absolute Gasteiger partial charge is 0.184 e. The number of rotatable bonds is 17. The van der Waals surface area contributed by atoms with E-state index in [2.05, 4.69) is 20.8 Å². The van der Waals surface area contributed by atoms with E-state index in [4.69, 9.17) is 23.7 Å². The van der Waals surface area contributed by atoms with Gasteiger partial charge in [0.15, 0.2) is 6.29 Å². The van der Waals surface area contributed by atoms with Crippen molar-refractivity contribution in [3.8, 4) is 0 Å². The molecule has 1 rings (SSSR count). The Morgan fingerprint density at radius 3 is 1.97 bits per heavy atom. The Hall–Kier alpha value is -0.530. The van der Waals surface area contributed by atoms with E-state index in [9.17, 15) is 4.79 Å². The monoisotopic (exact) mass is 416 g/mol. The zero-order valence-electron chi connectivity index (χ0n) is 19.3. The van der Waals surface area contributed by atoms with Gasteiger partial charge >= 0.3 is 0 Å². The minimum absolute atomic E-state index is 0.166. The number of Topliss-reactive ketones (excluding diaryl/α,β-unsaturated/α-hetero) is 1. The summed E-state index contributed by atoms with van der Waals surface area (Å²) in [6.45, 7) is 10.7. The number of methoxy groups -OCH3 is 1. The zero-order chi connectivity index (χ0) is 21.5. The maximum absolute atomic E-state index is 13.2. The van der Waals surface area contributed by atoms with E-state index in [-0.39, 0.29) is 18.0 Å². The van der Waals surface area contributed by atoms with Crippen molar-refractivity contribution in [3.05, 3.63) is 0 Å². The Labute approximate surface area is 177 Å². The number of hydrogen-bond donors (Lipinski definition) is 0. The number of hydrogen-bond acceptors (Lipinski definition) is 6. The molecule has 0 saturated carbocycles. The van der Waals surface area contributed by atoms with Crippen molar-refractivity contribution in [1.82, 2.24) is 0 Å². The Morgan fingerprint density at radius 2 is 1.41 bits per heavy atom. The Bertz CT molecular complexity index is 416. The van der Waals surface area contributed by atoms with Crippen molar-refractivity contribution < 1.29 is 28.5 Å². The molecule has 0 aromatic rings. The van der Waals surface area contributed by atoms with Crippen molar-refractivity contribution in [2.24, 2.45) is 5.92 Å². The van der Waals surface area contributed by atoms with Gasteiger partial charge in [0, 0.05) is 33.4 Å². The van der Waals surface area contributed by atoms with Crippen molar-refractivity contribution in [2.45, 2.75) is 104 Å². The fourth-order valence-electron chi connectivity index (χ4n) is 3.58. The predicted octanol–water partition coefficient (Wildman–Crippen LogP) is 4.53. The molecule has 0 amide bonds. The number of ether oxygens (including phenoxy) is 5. The van der Waals surface area contributed by atoms with Gasteiger partial charge in [-0.3, -0.25) is 4.79 Å². The summed E-state index contributed by atoms with van der Waals surface area (Å²) in [5.74, 6) is -0.235. The van der Waals surface area contributed by atoms with Crippen LogP contribution in [0.2, 0.25) is 0 Å². The number of carbonyl (C=O) groups is 1. The second-order valence-electron chi connectivity index (χ2n) is 7.83. The first-order chi connectivity index (χ1) is 14.1. The molecule has 1 saturated heterocycles. The summed E-state index contributed by atoms with van der Waals surface area (Å²) in [5.41, 5.74) is 0. The van der Waals surface area contributed by atoms with Crippen molar-refractivity contribution >= 4 is 5.78 Å². The summed E-state index contributed by atoms with van der Waals surface area (Å²) in [4.78, 5) is 13.2. The fourth-order valence-corrected chi connectivity index (χ4v) is 3.58. The molecule has 6 heteroatoms.